The number of rotatable bonds is 21. The number of carbonyl (C=O) groups is 4. The van der Waals surface area contributed by atoms with Crippen molar-refractivity contribution in [3.63, 3.8) is 0 Å². The van der Waals surface area contributed by atoms with Gasteiger partial charge in [-0.3, -0.25) is 24.1 Å². The number of nitrogens with zero attached hydrogens (tertiary/aromatic N) is 3. The number of ether oxygens (including phenoxy) is 2. The lowest BCUT2D eigenvalue weighted by Gasteiger charge is -2.41. The van der Waals surface area contributed by atoms with E-state index < -0.39 is 24.0 Å². The van der Waals surface area contributed by atoms with Crippen molar-refractivity contribution in [1.29, 1.82) is 0 Å². The number of piperidine rings is 1. The normalized spacial score (nSPS) is 25.5. The Labute approximate surface area is 319 Å². The number of carbonyl (C=O) groups excluding carboxylic acids is 4. The van der Waals surface area contributed by atoms with E-state index in [9.17, 15) is 24.3 Å². The second-order valence-corrected chi connectivity index (χ2v) is 16.9. The number of fused-ring (bicyclic) bond motifs is 2. The summed E-state index contributed by atoms with van der Waals surface area (Å²) in [5, 5.41) is 10.1. The molecule has 0 unspecified atom stereocenters. The maximum absolute atomic E-state index is 14.4. The minimum absolute atomic E-state index is 0.0168. The maximum atomic E-state index is 14.4. The summed E-state index contributed by atoms with van der Waals surface area (Å²) in [5.41, 5.74) is 1.08. The third kappa shape index (κ3) is 10.2. The van der Waals surface area contributed by atoms with Gasteiger partial charge in [-0.05, 0) is 74.8 Å². The lowest BCUT2D eigenvalue weighted by Crippen LogP contribution is -2.54. The van der Waals surface area contributed by atoms with Crippen molar-refractivity contribution in [2.24, 2.45) is 35.5 Å². The van der Waals surface area contributed by atoms with Crippen LogP contribution in [0.3, 0.4) is 0 Å². The molecule has 0 radical (unpaired) electrons. The van der Waals surface area contributed by atoms with E-state index in [2.05, 4.69) is 25.8 Å². The highest BCUT2D eigenvalue weighted by Gasteiger charge is 2.48. The minimum atomic E-state index is -0.559. The Bertz CT molecular complexity index is 1350. The van der Waals surface area contributed by atoms with Crippen LogP contribution in [0.25, 0.3) is 0 Å². The van der Waals surface area contributed by atoms with Gasteiger partial charge in [0, 0.05) is 65.1 Å². The minimum Gasteiger partial charge on any atom is -0.396 e. The van der Waals surface area contributed by atoms with Gasteiger partial charge in [-0.25, -0.2) is 0 Å². The number of hydrogen-bond donors (Lipinski definition) is 1. The summed E-state index contributed by atoms with van der Waals surface area (Å²) in [6.45, 7) is 10.6. The molecule has 0 spiro atoms. The smallest absolute Gasteiger partial charge is 0.226 e. The Morgan fingerprint density at radius 3 is 2.23 bits per heavy atom. The van der Waals surface area contributed by atoms with Crippen molar-refractivity contribution >= 4 is 23.4 Å². The monoisotopic (exact) mass is 740 g/mol. The average molecular weight is 740 g/mol. The molecule has 10 heteroatoms. The number of aliphatic hydroxyl groups is 1. The zero-order chi connectivity index (χ0) is 39.0. The maximum Gasteiger partial charge on any atom is 0.226 e. The molecule has 2 aliphatic heterocycles. The fraction of sp³-hybridized carbons (Fsp3) is 0.767. The number of likely N-dealkylation sites (N-methyl/N-ethyl adjacent to an activating group) is 2. The molecule has 1 N–H and O–H groups in total. The molecule has 298 valence electrons. The number of Topliss-reactive ketones (excluding diaryl/α,β-unsaturated/α-hetero) is 2. The lowest BCUT2D eigenvalue weighted by molar-refractivity contribution is -0.149. The molecule has 3 aliphatic rings. The van der Waals surface area contributed by atoms with E-state index in [4.69, 9.17) is 9.47 Å². The first-order valence-corrected chi connectivity index (χ1v) is 20.3. The molecular weight excluding hydrogens is 670 g/mol. The Hall–Kier alpha value is -2.66. The van der Waals surface area contributed by atoms with Gasteiger partial charge < -0.3 is 24.4 Å². The first-order chi connectivity index (χ1) is 25.3. The van der Waals surface area contributed by atoms with E-state index in [1.54, 1.807) is 19.1 Å². The number of likely N-dealkylation sites (tertiary alicyclic amines) is 2. The van der Waals surface area contributed by atoms with Gasteiger partial charge in [0.05, 0.1) is 36.8 Å². The van der Waals surface area contributed by atoms with E-state index >= 15 is 0 Å². The number of amides is 2. The molecule has 1 aromatic rings. The summed E-state index contributed by atoms with van der Waals surface area (Å²) in [6, 6.07) is 9.61. The quantitative estimate of drug-likeness (QED) is 0.178. The molecule has 2 bridgehead atoms. The van der Waals surface area contributed by atoms with Crippen molar-refractivity contribution in [3.8, 4) is 0 Å². The highest BCUT2D eigenvalue weighted by Crippen LogP contribution is 2.42. The summed E-state index contributed by atoms with van der Waals surface area (Å²) in [5.74, 6) is -0.680. The van der Waals surface area contributed by atoms with Crippen LogP contribution in [0.2, 0.25) is 0 Å². The van der Waals surface area contributed by atoms with Crippen molar-refractivity contribution in [2.75, 3.05) is 41.5 Å². The van der Waals surface area contributed by atoms with Crippen molar-refractivity contribution < 1.29 is 33.8 Å². The van der Waals surface area contributed by atoms with Crippen LogP contribution < -0.4 is 0 Å². The standard InChI is InChI=1S/C43H69N3O7/c1-10-28(4)40(45(7)43(51)34(27(2)3)24-37(49)41-32-18-19-33(23-32)44(41)6)38(52-8)25-39(50)46-20-14-17-35(46)42(53-9)29(5)36(48)22-31(26-47)21-30-15-12-11-13-16-30/h11-13,15-16,27-29,31-35,38,40-42,47H,10,14,17-26H2,1-9H3/t28-,29-,31+,32-,33+,34-,35-,38+,40-,41-,42+/m0/s1. The van der Waals surface area contributed by atoms with E-state index in [0.717, 1.165) is 44.1 Å². The average Bonchev–Trinajstić information content (AvgIpc) is 3.90. The van der Waals surface area contributed by atoms with Gasteiger partial charge >= 0.3 is 0 Å². The highest BCUT2D eigenvalue weighted by molar-refractivity contribution is 5.90. The van der Waals surface area contributed by atoms with Crippen LogP contribution in [0.1, 0.15) is 98.0 Å². The molecule has 0 aromatic heterocycles. The predicted octanol–water partition coefficient (Wildman–Crippen LogP) is 5.43. The van der Waals surface area contributed by atoms with Crippen LogP contribution >= 0.6 is 0 Å². The van der Waals surface area contributed by atoms with Gasteiger partial charge in [0.2, 0.25) is 11.8 Å². The molecule has 1 aromatic carbocycles. The Morgan fingerprint density at radius 2 is 1.66 bits per heavy atom. The van der Waals surface area contributed by atoms with Gasteiger partial charge in [0.25, 0.3) is 0 Å². The lowest BCUT2D eigenvalue weighted by atomic mass is 9.83. The molecule has 2 saturated heterocycles. The Balaban J connectivity index is 1.44. The second-order valence-electron chi connectivity index (χ2n) is 16.9. The largest absolute Gasteiger partial charge is 0.396 e. The SMILES string of the molecule is CC[C@H](C)[C@@H]([C@@H](CC(=O)N1CCC[C@H]1[C@H](OC)[C@@H](C)C(=O)C[C@H](CO)Cc1ccccc1)OC)N(C)C(=O)[C@@H](CC(=O)[C@@H]1[C@H]2CC[C@H](C2)N1C)C(C)C. The van der Waals surface area contributed by atoms with Gasteiger partial charge in [-0.1, -0.05) is 71.4 Å². The molecule has 4 rings (SSSR count). The van der Waals surface area contributed by atoms with Crippen molar-refractivity contribution in [2.45, 2.75) is 135 Å². The topological polar surface area (TPSA) is 117 Å². The Kier molecular flexibility index (Phi) is 16.1. The molecule has 1 aliphatic carbocycles. The fourth-order valence-electron chi connectivity index (χ4n) is 9.86. The highest BCUT2D eigenvalue weighted by atomic mass is 16.5. The molecule has 10 nitrogen and oxygen atoms in total. The first-order valence-electron chi connectivity index (χ1n) is 20.3. The van der Waals surface area contributed by atoms with E-state index in [0.29, 0.717) is 24.9 Å². The van der Waals surface area contributed by atoms with E-state index in [1.807, 2.05) is 63.1 Å². The zero-order valence-corrected chi connectivity index (χ0v) is 34.0. The number of ketones is 2. The molecule has 3 fully saturated rings. The van der Waals surface area contributed by atoms with Crippen LogP contribution in [0.5, 0.6) is 0 Å². The summed E-state index contributed by atoms with van der Waals surface area (Å²) in [6.07, 6.45) is 5.73. The van der Waals surface area contributed by atoms with Crippen LogP contribution in [-0.2, 0) is 35.1 Å². The molecule has 11 atom stereocenters. The number of benzene rings is 1. The second kappa shape index (κ2) is 19.8. The predicted molar refractivity (Wildman–Crippen MR) is 207 cm³/mol. The molecule has 2 amide bonds. The summed E-state index contributed by atoms with van der Waals surface area (Å²) in [4.78, 5) is 61.8. The van der Waals surface area contributed by atoms with Gasteiger partial charge in [-0.2, -0.15) is 0 Å². The summed E-state index contributed by atoms with van der Waals surface area (Å²) >= 11 is 0. The third-order valence-corrected chi connectivity index (χ3v) is 13.2. The third-order valence-electron chi connectivity index (χ3n) is 13.2. The summed E-state index contributed by atoms with van der Waals surface area (Å²) < 4.78 is 12.1. The van der Waals surface area contributed by atoms with Gasteiger partial charge in [-0.15, -0.1) is 0 Å². The van der Waals surface area contributed by atoms with Crippen LogP contribution in [-0.4, -0.2) is 121 Å². The van der Waals surface area contributed by atoms with E-state index in [-0.39, 0.29) is 85.1 Å². The zero-order valence-electron chi connectivity index (χ0n) is 34.0. The van der Waals surface area contributed by atoms with Crippen molar-refractivity contribution in [1.82, 2.24) is 14.7 Å². The van der Waals surface area contributed by atoms with Crippen LogP contribution in [0.4, 0.5) is 0 Å². The van der Waals surface area contributed by atoms with Crippen molar-refractivity contribution in [3.05, 3.63) is 35.9 Å². The first kappa shape index (κ1) is 43.1. The number of aliphatic hydroxyl groups excluding tert-OH is 1. The summed E-state index contributed by atoms with van der Waals surface area (Å²) in [7, 11) is 7.07. The molecule has 53 heavy (non-hydrogen) atoms. The molecule has 1 saturated carbocycles. The van der Waals surface area contributed by atoms with Gasteiger partial charge in [0.1, 0.15) is 5.78 Å². The Morgan fingerprint density at radius 1 is 0.962 bits per heavy atom. The number of hydrogen-bond acceptors (Lipinski definition) is 8. The molecular formula is C43H69N3O7. The van der Waals surface area contributed by atoms with Gasteiger partial charge in [0.15, 0.2) is 5.78 Å². The van der Waals surface area contributed by atoms with Crippen LogP contribution in [0, 0.1) is 35.5 Å². The molecule has 2 heterocycles. The van der Waals surface area contributed by atoms with E-state index in [1.165, 1.54) is 0 Å². The number of methoxy groups -OCH3 is 2. The van der Waals surface area contributed by atoms with Crippen LogP contribution in [0.15, 0.2) is 30.3 Å². The fourth-order valence-corrected chi connectivity index (χ4v) is 9.86.